The Morgan fingerprint density at radius 1 is 1.44 bits per heavy atom. The second-order valence-corrected chi connectivity index (χ2v) is 5.34. The number of nitrogens with zero attached hydrogens (tertiary/aromatic N) is 1. The van der Waals surface area contributed by atoms with Crippen LogP contribution in [0.4, 0.5) is 19.0 Å². The van der Waals surface area contributed by atoms with Crippen LogP contribution in [0.2, 0.25) is 0 Å². The van der Waals surface area contributed by atoms with Crippen LogP contribution in [-0.4, -0.2) is 16.9 Å². The number of hydrogen-bond acceptors (Lipinski definition) is 2. The van der Waals surface area contributed by atoms with Crippen molar-refractivity contribution in [1.29, 1.82) is 0 Å². The van der Waals surface area contributed by atoms with Crippen molar-refractivity contribution >= 4 is 33.3 Å². The highest BCUT2D eigenvalue weighted by atomic mass is 79.9. The van der Waals surface area contributed by atoms with Gasteiger partial charge in [0.1, 0.15) is 5.82 Å². The average Bonchev–Trinajstić information content (AvgIpc) is 2.28. The number of hydrogen-bond donors (Lipinski definition) is 1. The average molecular weight is 346 g/mol. The zero-order valence-corrected chi connectivity index (χ0v) is 12.2. The van der Waals surface area contributed by atoms with Crippen molar-refractivity contribution in [1.82, 2.24) is 4.98 Å². The molecule has 0 saturated carbocycles. The van der Waals surface area contributed by atoms with Gasteiger partial charge in [-0.25, -0.2) is 4.98 Å². The minimum atomic E-state index is -4.44. The largest absolute Gasteiger partial charge is 0.419 e. The molecule has 1 N–H and O–H groups in total. The Labute approximate surface area is 117 Å². The van der Waals surface area contributed by atoms with E-state index < -0.39 is 11.7 Å². The number of aromatic nitrogens is 1. The fourth-order valence-corrected chi connectivity index (χ4v) is 1.86. The molecule has 0 aliphatic rings. The molecule has 0 radical (unpaired) electrons. The standard InChI is InChI=1S/C11H13BrClF3N2/c1-6(4-13)7(2)18-10-9(11(14,15)16)3-8(12)5-17-10/h3,5-7H,4H2,1-2H3,(H,17,18). The van der Waals surface area contributed by atoms with Crippen molar-refractivity contribution in [3.8, 4) is 0 Å². The zero-order valence-electron chi connectivity index (χ0n) is 9.85. The number of pyridine rings is 1. The van der Waals surface area contributed by atoms with E-state index in [1.807, 2.05) is 6.92 Å². The maximum Gasteiger partial charge on any atom is 0.419 e. The summed E-state index contributed by atoms with van der Waals surface area (Å²) in [5.41, 5.74) is -0.787. The van der Waals surface area contributed by atoms with Gasteiger partial charge in [-0.1, -0.05) is 6.92 Å². The molecular formula is C11H13BrClF3N2. The van der Waals surface area contributed by atoms with Crippen LogP contribution < -0.4 is 5.32 Å². The Morgan fingerprint density at radius 2 is 2.06 bits per heavy atom. The van der Waals surface area contributed by atoms with Gasteiger partial charge in [0.05, 0.1) is 5.56 Å². The van der Waals surface area contributed by atoms with Crippen LogP contribution in [-0.2, 0) is 6.18 Å². The van der Waals surface area contributed by atoms with E-state index in [-0.39, 0.29) is 17.8 Å². The van der Waals surface area contributed by atoms with Crippen LogP contribution in [0.15, 0.2) is 16.7 Å². The van der Waals surface area contributed by atoms with Gasteiger partial charge in [0, 0.05) is 22.6 Å². The first-order valence-corrected chi connectivity index (χ1v) is 6.63. The summed E-state index contributed by atoms with van der Waals surface area (Å²) < 4.78 is 38.8. The monoisotopic (exact) mass is 344 g/mol. The SMILES string of the molecule is CC(CCl)C(C)Nc1ncc(Br)cc1C(F)(F)F. The Hall–Kier alpha value is -0.490. The molecule has 0 fully saturated rings. The molecule has 0 aromatic carbocycles. The Kier molecular flexibility index (Phi) is 5.28. The smallest absolute Gasteiger partial charge is 0.367 e. The molecule has 2 nitrogen and oxygen atoms in total. The van der Waals surface area contributed by atoms with Crippen LogP contribution >= 0.6 is 27.5 Å². The van der Waals surface area contributed by atoms with Crippen molar-refractivity contribution in [2.75, 3.05) is 11.2 Å². The fraction of sp³-hybridized carbons (Fsp3) is 0.545. The molecule has 0 aliphatic heterocycles. The summed E-state index contributed by atoms with van der Waals surface area (Å²) in [6.45, 7) is 3.63. The highest BCUT2D eigenvalue weighted by Crippen LogP contribution is 2.35. The summed E-state index contributed by atoms with van der Waals surface area (Å²) in [5.74, 6) is 0.236. The first-order valence-electron chi connectivity index (χ1n) is 5.31. The molecule has 2 unspecified atom stereocenters. The van der Waals surface area contributed by atoms with Crippen LogP contribution in [0.3, 0.4) is 0 Å². The second kappa shape index (κ2) is 6.10. The number of anilines is 1. The summed E-state index contributed by atoms with van der Waals surface area (Å²) in [6.07, 6.45) is -3.11. The van der Waals surface area contributed by atoms with E-state index in [0.29, 0.717) is 10.4 Å². The van der Waals surface area contributed by atoms with Crippen LogP contribution in [0.25, 0.3) is 0 Å². The highest BCUT2D eigenvalue weighted by molar-refractivity contribution is 9.10. The van der Waals surface area contributed by atoms with E-state index in [4.69, 9.17) is 11.6 Å². The zero-order chi connectivity index (χ0) is 13.9. The molecule has 7 heteroatoms. The fourth-order valence-electron chi connectivity index (χ4n) is 1.26. The van der Waals surface area contributed by atoms with Gasteiger partial charge in [-0.05, 0) is 34.8 Å². The Bertz CT molecular complexity index is 412. The molecule has 0 bridgehead atoms. The summed E-state index contributed by atoms with van der Waals surface area (Å²) >= 11 is 8.66. The third-order valence-corrected chi connectivity index (χ3v) is 3.54. The van der Waals surface area contributed by atoms with Gasteiger partial charge in [0.25, 0.3) is 0 Å². The molecule has 1 aromatic heterocycles. The minimum absolute atomic E-state index is 0.0400. The van der Waals surface area contributed by atoms with Gasteiger partial charge in [-0.2, -0.15) is 13.2 Å². The van der Waals surface area contributed by atoms with E-state index in [2.05, 4.69) is 26.2 Å². The predicted octanol–water partition coefficient (Wildman–Crippen LogP) is 4.54. The lowest BCUT2D eigenvalue weighted by Crippen LogP contribution is -2.27. The van der Waals surface area contributed by atoms with Gasteiger partial charge >= 0.3 is 6.18 Å². The summed E-state index contributed by atoms with van der Waals surface area (Å²) in [5, 5.41) is 2.76. The van der Waals surface area contributed by atoms with Crippen molar-refractivity contribution in [2.24, 2.45) is 5.92 Å². The van der Waals surface area contributed by atoms with Gasteiger partial charge in [0.2, 0.25) is 0 Å². The first-order chi connectivity index (χ1) is 8.25. The summed E-state index contributed by atoms with van der Waals surface area (Å²) in [7, 11) is 0. The maximum atomic E-state index is 12.8. The molecule has 0 amide bonds. The molecule has 102 valence electrons. The molecule has 1 heterocycles. The van der Waals surface area contributed by atoms with E-state index in [9.17, 15) is 13.2 Å². The molecular weight excluding hydrogens is 332 g/mol. The Balaban J connectivity index is 3.02. The number of rotatable bonds is 4. The van der Waals surface area contributed by atoms with Crippen molar-refractivity contribution in [3.63, 3.8) is 0 Å². The molecule has 1 aromatic rings. The topological polar surface area (TPSA) is 24.9 Å². The summed E-state index contributed by atoms with van der Waals surface area (Å²) in [4.78, 5) is 3.78. The number of nitrogens with one attached hydrogen (secondary N) is 1. The number of halogens is 5. The van der Waals surface area contributed by atoms with Gasteiger partial charge in [0.15, 0.2) is 0 Å². The van der Waals surface area contributed by atoms with Gasteiger partial charge in [-0.3, -0.25) is 0 Å². The molecule has 18 heavy (non-hydrogen) atoms. The van der Waals surface area contributed by atoms with Gasteiger partial charge < -0.3 is 5.32 Å². The maximum absolute atomic E-state index is 12.8. The minimum Gasteiger partial charge on any atom is -0.367 e. The highest BCUT2D eigenvalue weighted by Gasteiger charge is 2.35. The summed E-state index contributed by atoms with van der Waals surface area (Å²) in [6, 6.07) is 0.810. The molecule has 0 aliphatic carbocycles. The third-order valence-electron chi connectivity index (χ3n) is 2.62. The van der Waals surface area contributed by atoms with E-state index in [1.54, 1.807) is 6.92 Å². The van der Waals surface area contributed by atoms with Gasteiger partial charge in [-0.15, -0.1) is 11.6 Å². The lowest BCUT2D eigenvalue weighted by atomic mass is 10.1. The Morgan fingerprint density at radius 3 is 2.56 bits per heavy atom. The molecule has 0 saturated heterocycles. The third kappa shape index (κ3) is 4.02. The van der Waals surface area contributed by atoms with E-state index in [1.165, 1.54) is 6.20 Å². The molecule has 1 rings (SSSR count). The van der Waals surface area contributed by atoms with Crippen LogP contribution in [0, 0.1) is 5.92 Å². The van der Waals surface area contributed by atoms with Crippen molar-refractivity contribution in [2.45, 2.75) is 26.1 Å². The normalized spacial score (nSPS) is 15.3. The lowest BCUT2D eigenvalue weighted by Gasteiger charge is -2.22. The van der Waals surface area contributed by atoms with Crippen molar-refractivity contribution in [3.05, 3.63) is 22.3 Å². The number of alkyl halides is 4. The van der Waals surface area contributed by atoms with E-state index >= 15 is 0 Å². The molecule has 0 spiro atoms. The van der Waals surface area contributed by atoms with Crippen LogP contribution in [0.5, 0.6) is 0 Å². The van der Waals surface area contributed by atoms with E-state index in [0.717, 1.165) is 6.07 Å². The molecule has 2 atom stereocenters. The predicted molar refractivity (Wildman–Crippen MR) is 69.9 cm³/mol. The first kappa shape index (κ1) is 15.6. The lowest BCUT2D eigenvalue weighted by molar-refractivity contribution is -0.137. The van der Waals surface area contributed by atoms with Crippen molar-refractivity contribution < 1.29 is 13.2 Å². The second-order valence-electron chi connectivity index (χ2n) is 4.11. The van der Waals surface area contributed by atoms with Crippen LogP contribution in [0.1, 0.15) is 19.4 Å². The quantitative estimate of drug-likeness (QED) is 0.811.